The van der Waals surface area contributed by atoms with Crippen LogP contribution in [0.25, 0.3) is 10.6 Å². The first-order valence-corrected chi connectivity index (χ1v) is 11.5. The predicted molar refractivity (Wildman–Crippen MR) is 108 cm³/mol. The molecule has 4 rings (SSSR count). The van der Waals surface area contributed by atoms with E-state index in [1.54, 1.807) is 37.6 Å². The van der Waals surface area contributed by atoms with Gasteiger partial charge in [-0.2, -0.15) is 0 Å². The zero-order valence-corrected chi connectivity index (χ0v) is 17.2. The van der Waals surface area contributed by atoms with Crippen LogP contribution < -0.4 is 9.46 Å². The Morgan fingerprint density at radius 1 is 1.18 bits per heavy atom. The highest BCUT2D eigenvalue weighted by Crippen LogP contribution is 2.37. The Hall–Kier alpha value is -2.16. The number of hydrogen-bond donors (Lipinski definition) is 1. The summed E-state index contributed by atoms with van der Waals surface area (Å²) in [7, 11) is -2.00. The van der Waals surface area contributed by atoms with Crippen molar-refractivity contribution in [1.29, 1.82) is 0 Å². The smallest absolute Gasteiger partial charge is 0.250 e. The topological polar surface area (TPSA) is 81.4 Å². The SMILES string of the molecule is COc1ccc(CNS(=O)(=O)c2ccc(-c3cnc(C4CCCC4)o3)s2)cc1. The molecule has 0 amide bonds. The first kappa shape index (κ1) is 19.2. The summed E-state index contributed by atoms with van der Waals surface area (Å²) in [5, 5.41) is 0. The number of rotatable bonds is 7. The zero-order valence-electron chi connectivity index (χ0n) is 15.6. The molecule has 0 unspecified atom stereocenters. The molecule has 148 valence electrons. The van der Waals surface area contributed by atoms with E-state index in [0.29, 0.717) is 11.7 Å². The lowest BCUT2D eigenvalue weighted by atomic mass is 10.1. The summed E-state index contributed by atoms with van der Waals surface area (Å²) in [6.07, 6.45) is 6.34. The Kier molecular flexibility index (Phi) is 5.52. The summed E-state index contributed by atoms with van der Waals surface area (Å²) in [4.78, 5) is 5.17. The zero-order chi connectivity index (χ0) is 19.6. The Bertz CT molecular complexity index is 1030. The summed E-state index contributed by atoms with van der Waals surface area (Å²) >= 11 is 1.19. The molecule has 1 aromatic carbocycles. The number of thiophene rings is 1. The lowest BCUT2D eigenvalue weighted by Gasteiger charge is -2.06. The summed E-state index contributed by atoms with van der Waals surface area (Å²) in [6, 6.07) is 10.7. The first-order chi connectivity index (χ1) is 13.5. The molecule has 1 saturated carbocycles. The van der Waals surface area contributed by atoms with Crippen molar-refractivity contribution in [2.24, 2.45) is 0 Å². The standard InChI is InChI=1S/C20H22N2O4S2/c1-25-16-8-6-14(7-9-16)12-22-28(23,24)19-11-10-18(27-19)17-13-21-20(26-17)15-4-2-3-5-15/h6-11,13,15,22H,2-5,12H2,1H3. The molecule has 0 saturated heterocycles. The van der Waals surface area contributed by atoms with Crippen molar-refractivity contribution in [1.82, 2.24) is 9.71 Å². The highest BCUT2D eigenvalue weighted by molar-refractivity contribution is 7.91. The minimum atomic E-state index is -3.59. The van der Waals surface area contributed by atoms with Crippen LogP contribution in [0.3, 0.4) is 0 Å². The van der Waals surface area contributed by atoms with Crippen molar-refractivity contribution < 1.29 is 17.6 Å². The number of hydrogen-bond acceptors (Lipinski definition) is 6. The Morgan fingerprint density at radius 2 is 1.93 bits per heavy atom. The van der Waals surface area contributed by atoms with E-state index in [9.17, 15) is 8.42 Å². The largest absolute Gasteiger partial charge is 0.497 e. The maximum atomic E-state index is 12.6. The van der Waals surface area contributed by atoms with Gasteiger partial charge in [-0.3, -0.25) is 0 Å². The number of sulfonamides is 1. The summed E-state index contributed by atoms with van der Waals surface area (Å²) in [5.74, 6) is 2.52. The minimum Gasteiger partial charge on any atom is -0.497 e. The van der Waals surface area contributed by atoms with Gasteiger partial charge in [0.25, 0.3) is 0 Å². The van der Waals surface area contributed by atoms with Crippen LogP contribution in [0, 0.1) is 0 Å². The number of nitrogens with zero attached hydrogens (tertiary/aromatic N) is 1. The molecule has 0 aliphatic heterocycles. The molecule has 1 N–H and O–H groups in total. The summed E-state index contributed by atoms with van der Waals surface area (Å²) in [5.41, 5.74) is 0.859. The number of nitrogens with one attached hydrogen (secondary N) is 1. The molecule has 8 heteroatoms. The fraction of sp³-hybridized carbons (Fsp3) is 0.350. The third-order valence-electron chi connectivity index (χ3n) is 4.94. The van der Waals surface area contributed by atoms with Gasteiger partial charge in [-0.05, 0) is 42.7 Å². The molecular formula is C20H22N2O4S2. The second-order valence-electron chi connectivity index (χ2n) is 6.84. The Balaban J connectivity index is 1.44. The molecule has 2 aromatic heterocycles. The van der Waals surface area contributed by atoms with Crippen LogP contribution in [0.15, 0.2) is 51.2 Å². The van der Waals surface area contributed by atoms with Gasteiger partial charge in [0, 0.05) is 12.5 Å². The van der Waals surface area contributed by atoms with Crippen molar-refractivity contribution in [3.8, 4) is 16.4 Å². The fourth-order valence-corrected chi connectivity index (χ4v) is 5.67. The van der Waals surface area contributed by atoms with Gasteiger partial charge in [-0.15, -0.1) is 11.3 Å². The van der Waals surface area contributed by atoms with E-state index < -0.39 is 10.0 Å². The molecule has 0 radical (unpaired) electrons. The van der Waals surface area contributed by atoms with Gasteiger partial charge in [-0.1, -0.05) is 25.0 Å². The molecule has 6 nitrogen and oxygen atoms in total. The minimum absolute atomic E-state index is 0.216. The highest BCUT2D eigenvalue weighted by Gasteiger charge is 2.23. The molecule has 2 heterocycles. The van der Waals surface area contributed by atoms with Crippen LogP contribution in [-0.2, 0) is 16.6 Å². The highest BCUT2D eigenvalue weighted by atomic mass is 32.2. The van der Waals surface area contributed by atoms with E-state index in [-0.39, 0.29) is 10.8 Å². The fourth-order valence-electron chi connectivity index (χ4n) is 3.35. The molecule has 0 spiro atoms. The van der Waals surface area contributed by atoms with Crippen LogP contribution in [0.1, 0.15) is 43.1 Å². The molecular weight excluding hydrogens is 396 g/mol. The van der Waals surface area contributed by atoms with Crippen molar-refractivity contribution >= 4 is 21.4 Å². The average molecular weight is 419 g/mol. The van der Waals surface area contributed by atoms with Gasteiger partial charge in [0.15, 0.2) is 11.7 Å². The molecule has 1 aliphatic carbocycles. The number of oxazole rings is 1. The van der Waals surface area contributed by atoms with E-state index in [0.717, 1.165) is 34.9 Å². The molecule has 28 heavy (non-hydrogen) atoms. The van der Waals surface area contributed by atoms with Crippen molar-refractivity contribution in [2.45, 2.75) is 42.4 Å². The van der Waals surface area contributed by atoms with Gasteiger partial charge in [0.2, 0.25) is 10.0 Å². The van der Waals surface area contributed by atoms with E-state index in [1.165, 1.54) is 24.2 Å². The van der Waals surface area contributed by atoms with E-state index in [4.69, 9.17) is 9.15 Å². The van der Waals surface area contributed by atoms with Crippen LogP contribution in [-0.4, -0.2) is 20.5 Å². The summed E-state index contributed by atoms with van der Waals surface area (Å²) < 4.78 is 39.1. The Morgan fingerprint density at radius 3 is 2.64 bits per heavy atom. The quantitative estimate of drug-likeness (QED) is 0.609. The lowest BCUT2D eigenvalue weighted by molar-refractivity contribution is 0.414. The van der Waals surface area contributed by atoms with Gasteiger partial charge < -0.3 is 9.15 Å². The maximum Gasteiger partial charge on any atom is 0.250 e. The molecule has 1 aliphatic rings. The van der Waals surface area contributed by atoms with Gasteiger partial charge in [-0.25, -0.2) is 18.1 Å². The van der Waals surface area contributed by atoms with Crippen LogP contribution in [0.2, 0.25) is 0 Å². The summed E-state index contributed by atoms with van der Waals surface area (Å²) in [6.45, 7) is 0.216. The molecule has 1 fully saturated rings. The third-order valence-corrected chi connectivity index (χ3v) is 7.94. The van der Waals surface area contributed by atoms with Gasteiger partial charge in [0.1, 0.15) is 9.96 Å². The second kappa shape index (κ2) is 8.06. The maximum absolute atomic E-state index is 12.6. The number of aromatic nitrogens is 1. The van der Waals surface area contributed by atoms with E-state index in [2.05, 4.69) is 9.71 Å². The number of methoxy groups -OCH3 is 1. The van der Waals surface area contributed by atoms with Crippen LogP contribution >= 0.6 is 11.3 Å². The van der Waals surface area contributed by atoms with Crippen molar-refractivity contribution in [2.75, 3.05) is 7.11 Å². The molecule has 0 atom stereocenters. The van der Waals surface area contributed by atoms with Crippen LogP contribution in [0.4, 0.5) is 0 Å². The van der Waals surface area contributed by atoms with E-state index >= 15 is 0 Å². The third kappa shape index (κ3) is 4.14. The molecule has 3 aromatic rings. The van der Waals surface area contributed by atoms with Gasteiger partial charge >= 0.3 is 0 Å². The second-order valence-corrected chi connectivity index (χ2v) is 9.91. The van der Waals surface area contributed by atoms with Gasteiger partial charge in [0.05, 0.1) is 18.2 Å². The number of ether oxygens (including phenoxy) is 1. The first-order valence-electron chi connectivity index (χ1n) is 9.24. The normalized spacial score (nSPS) is 15.2. The molecule has 0 bridgehead atoms. The van der Waals surface area contributed by atoms with E-state index in [1.807, 2.05) is 12.1 Å². The Labute approximate surface area is 168 Å². The monoisotopic (exact) mass is 418 g/mol. The van der Waals surface area contributed by atoms with Crippen molar-refractivity contribution in [3.63, 3.8) is 0 Å². The average Bonchev–Trinajstić information content (AvgIpc) is 3.47. The van der Waals surface area contributed by atoms with Crippen LogP contribution in [0.5, 0.6) is 5.75 Å². The van der Waals surface area contributed by atoms with Crippen molar-refractivity contribution in [3.05, 3.63) is 54.0 Å². The predicted octanol–water partition coefficient (Wildman–Crippen LogP) is 4.55. The lowest BCUT2D eigenvalue weighted by Crippen LogP contribution is -2.22. The number of benzene rings is 1.